The number of amides is 1. The number of nitrogens with zero attached hydrogens (tertiary/aromatic N) is 5. The number of aromatic nitrogens is 3. The lowest BCUT2D eigenvalue weighted by molar-refractivity contribution is -0.157. The number of allylic oxidation sites excluding steroid dienone is 1. The van der Waals surface area contributed by atoms with Crippen molar-refractivity contribution in [2.45, 2.75) is 49.9 Å². The topological polar surface area (TPSA) is 80.6 Å². The summed E-state index contributed by atoms with van der Waals surface area (Å²) in [6, 6.07) is 1.60. The van der Waals surface area contributed by atoms with Gasteiger partial charge in [0.2, 0.25) is 11.8 Å². The molecule has 0 aliphatic carbocycles. The molecule has 0 saturated carbocycles. The van der Waals surface area contributed by atoms with Crippen molar-refractivity contribution in [3.63, 3.8) is 0 Å². The zero-order valence-corrected chi connectivity index (χ0v) is 19.5. The molecular weight excluding hydrogens is 485 g/mol. The van der Waals surface area contributed by atoms with Crippen LogP contribution in [0.2, 0.25) is 0 Å². The van der Waals surface area contributed by atoms with Gasteiger partial charge in [0.05, 0.1) is 23.6 Å². The Morgan fingerprint density at radius 3 is 2.56 bits per heavy atom. The summed E-state index contributed by atoms with van der Waals surface area (Å²) >= 11 is 0. The molecule has 2 aromatic heterocycles. The summed E-state index contributed by atoms with van der Waals surface area (Å²) < 4.78 is 73.2. The van der Waals surface area contributed by atoms with Crippen LogP contribution >= 0.6 is 0 Å². The van der Waals surface area contributed by atoms with Gasteiger partial charge in [-0.15, -0.1) is 0 Å². The van der Waals surface area contributed by atoms with Crippen LogP contribution in [0.3, 0.4) is 0 Å². The van der Waals surface area contributed by atoms with Crippen LogP contribution in [0.15, 0.2) is 53.9 Å². The van der Waals surface area contributed by atoms with E-state index in [0.717, 1.165) is 17.0 Å². The van der Waals surface area contributed by atoms with Gasteiger partial charge < -0.3 is 9.64 Å². The summed E-state index contributed by atoms with van der Waals surface area (Å²) in [5, 5.41) is 0. The van der Waals surface area contributed by atoms with Crippen molar-refractivity contribution in [1.82, 2.24) is 19.9 Å². The highest BCUT2D eigenvalue weighted by atomic mass is 19.4. The van der Waals surface area contributed by atoms with E-state index in [1.165, 1.54) is 18.6 Å². The van der Waals surface area contributed by atoms with Gasteiger partial charge in [0.1, 0.15) is 18.5 Å². The lowest BCUT2D eigenvalue weighted by Gasteiger charge is -2.45. The number of carbonyl (C=O) groups excluding carboxylic acids is 1. The zero-order valence-electron chi connectivity index (χ0n) is 19.5. The number of ether oxygens (including phenoxy) is 1. The maximum atomic E-state index is 14.6. The normalized spacial score (nSPS) is 27.6. The second kappa shape index (κ2) is 9.55. The summed E-state index contributed by atoms with van der Waals surface area (Å²) in [6.45, 7) is 2.21. The molecule has 7 nitrogen and oxygen atoms in total. The van der Waals surface area contributed by atoms with Gasteiger partial charge in [0.15, 0.2) is 0 Å². The summed E-state index contributed by atoms with van der Waals surface area (Å²) in [5.41, 5.74) is -2.02. The summed E-state index contributed by atoms with van der Waals surface area (Å²) in [4.78, 5) is 31.3. The van der Waals surface area contributed by atoms with E-state index in [9.17, 15) is 26.7 Å². The molecule has 4 rings (SSSR count). The molecule has 1 saturated heterocycles. The number of hydrogen-bond acceptors (Lipinski definition) is 6. The smallest absolute Gasteiger partial charge is 0.417 e. The number of likely N-dealkylation sites (tertiary alicyclic amines) is 1. The lowest BCUT2D eigenvalue weighted by Crippen LogP contribution is -2.61. The molecule has 2 aromatic rings. The molecule has 0 N–H and O–H groups in total. The van der Waals surface area contributed by atoms with Gasteiger partial charge in [-0.05, 0) is 31.1 Å². The molecule has 2 unspecified atom stereocenters. The third-order valence-electron chi connectivity index (χ3n) is 6.44. The minimum atomic E-state index is -4.55. The predicted molar refractivity (Wildman–Crippen MR) is 120 cm³/mol. The quantitative estimate of drug-likeness (QED) is 0.567. The molecule has 36 heavy (non-hydrogen) atoms. The van der Waals surface area contributed by atoms with E-state index in [2.05, 4.69) is 19.9 Å². The van der Waals surface area contributed by atoms with E-state index in [4.69, 9.17) is 4.74 Å². The van der Waals surface area contributed by atoms with E-state index >= 15 is 0 Å². The Morgan fingerprint density at radius 2 is 1.92 bits per heavy atom. The van der Waals surface area contributed by atoms with Crippen LogP contribution in [0.5, 0.6) is 5.88 Å². The Labute approximate surface area is 204 Å². The molecule has 2 aliphatic heterocycles. The number of piperidine rings is 1. The SMILES string of the molecule is C[C@@H]1CC(F)(F)CN(C(=O)C2N=CC=CC2(C)c2ncccn2)[C@@H]1COc1ccc(C(F)(F)F)cn1. The molecule has 0 aromatic carbocycles. The highest BCUT2D eigenvalue weighted by Crippen LogP contribution is 2.38. The highest BCUT2D eigenvalue weighted by Gasteiger charge is 2.51. The average molecular weight is 509 g/mol. The molecule has 12 heteroatoms. The van der Waals surface area contributed by atoms with Crippen molar-refractivity contribution in [3.05, 3.63) is 60.3 Å². The first-order valence-corrected chi connectivity index (χ1v) is 11.2. The zero-order chi connectivity index (χ0) is 26.1. The number of aliphatic imine (C=N–C) groups is 1. The van der Waals surface area contributed by atoms with Crippen molar-refractivity contribution in [3.8, 4) is 5.88 Å². The van der Waals surface area contributed by atoms with Gasteiger partial charge in [0, 0.05) is 37.3 Å². The minimum absolute atomic E-state index is 0.110. The molecule has 1 fully saturated rings. The van der Waals surface area contributed by atoms with E-state index in [0.29, 0.717) is 12.0 Å². The lowest BCUT2D eigenvalue weighted by atomic mass is 9.78. The number of dihydropyridines is 1. The third-order valence-corrected chi connectivity index (χ3v) is 6.44. The Morgan fingerprint density at radius 1 is 1.19 bits per heavy atom. The molecule has 1 amide bonds. The molecule has 4 heterocycles. The molecule has 192 valence electrons. The first kappa shape index (κ1) is 25.6. The average Bonchev–Trinajstić information content (AvgIpc) is 2.83. The van der Waals surface area contributed by atoms with Crippen LogP contribution in [-0.4, -0.2) is 63.1 Å². The van der Waals surface area contributed by atoms with Crippen molar-refractivity contribution in [1.29, 1.82) is 0 Å². The van der Waals surface area contributed by atoms with Crippen molar-refractivity contribution < 1.29 is 31.5 Å². The maximum absolute atomic E-state index is 14.6. The Hall–Kier alpha value is -3.44. The van der Waals surface area contributed by atoms with Crippen LogP contribution in [0, 0.1) is 5.92 Å². The monoisotopic (exact) mass is 509 g/mol. The van der Waals surface area contributed by atoms with Gasteiger partial charge >= 0.3 is 6.18 Å². The third kappa shape index (κ3) is 5.21. The first-order valence-electron chi connectivity index (χ1n) is 11.2. The van der Waals surface area contributed by atoms with E-state index < -0.39 is 60.0 Å². The van der Waals surface area contributed by atoms with Gasteiger partial charge in [-0.1, -0.05) is 13.0 Å². The van der Waals surface area contributed by atoms with E-state index in [1.807, 2.05) is 0 Å². The largest absolute Gasteiger partial charge is 0.475 e. The molecule has 2 aliphatic rings. The van der Waals surface area contributed by atoms with Crippen molar-refractivity contribution >= 4 is 12.1 Å². The molecular formula is C24H24F5N5O2. The summed E-state index contributed by atoms with van der Waals surface area (Å²) in [5.74, 6) is -4.25. The number of carbonyl (C=O) groups is 1. The van der Waals surface area contributed by atoms with E-state index in [-0.39, 0.29) is 12.5 Å². The molecule has 0 spiro atoms. The van der Waals surface area contributed by atoms with Crippen molar-refractivity contribution in [2.24, 2.45) is 10.9 Å². The van der Waals surface area contributed by atoms with Crippen LogP contribution in [0.4, 0.5) is 22.0 Å². The number of rotatable bonds is 5. The first-order chi connectivity index (χ1) is 16.9. The van der Waals surface area contributed by atoms with Crippen LogP contribution in [-0.2, 0) is 16.4 Å². The predicted octanol–water partition coefficient (Wildman–Crippen LogP) is 4.11. The number of alkyl halides is 5. The standard InChI is InChI=1S/C24H24F5N5O2/c1-15-11-23(25,26)14-34(17(15)13-36-18-6-5-16(12-33-18)24(27,28)29)20(35)19-22(2,7-3-8-30-19)21-31-9-4-10-32-21/h3-10,12,15,17,19H,11,13-14H2,1-2H3/t15-,17-,19?,22?/m1/s1. The van der Waals surface area contributed by atoms with Crippen LogP contribution in [0.1, 0.15) is 31.7 Å². The minimum Gasteiger partial charge on any atom is -0.475 e. The van der Waals surface area contributed by atoms with Crippen molar-refractivity contribution in [2.75, 3.05) is 13.2 Å². The van der Waals surface area contributed by atoms with E-state index in [1.54, 1.807) is 32.1 Å². The Balaban J connectivity index is 1.58. The summed E-state index contributed by atoms with van der Waals surface area (Å²) in [6.07, 6.45) is 3.42. The fraction of sp³-hybridized carbons (Fsp3) is 0.458. The van der Waals surface area contributed by atoms with Gasteiger partial charge in [-0.3, -0.25) is 9.79 Å². The number of pyridine rings is 1. The van der Waals surface area contributed by atoms with Gasteiger partial charge in [-0.2, -0.15) is 13.2 Å². The highest BCUT2D eigenvalue weighted by molar-refractivity contribution is 5.89. The molecule has 0 bridgehead atoms. The Bertz CT molecular complexity index is 1140. The molecule has 0 radical (unpaired) electrons. The van der Waals surface area contributed by atoms with Gasteiger partial charge in [-0.25, -0.2) is 23.7 Å². The molecule has 4 atom stereocenters. The fourth-order valence-corrected chi connectivity index (χ4v) is 4.52. The number of halogens is 5. The Kier molecular flexibility index (Phi) is 6.80. The maximum Gasteiger partial charge on any atom is 0.417 e. The van der Waals surface area contributed by atoms with Crippen LogP contribution in [0.25, 0.3) is 0 Å². The van der Waals surface area contributed by atoms with Crippen LogP contribution < -0.4 is 4.74 Å². The second-order valence-electron chi connectivity index (χ2n) is 9.18. The second-order valence-corrected chi connectivity index (χ2v) is 9.18. The summed E-state index contributed by atoms with van der Waals surface area (Å²) in [7, 11) is 0. The van der Waals surface area contributed by atoms with Gasteiger partial charge in [0.25, 0.3) is 5.92 Å². The fourth-order valence-electron chi connectivity index (χ4n) is 4.52. The number of hydrogen-bond donors (Lipinski definition) is 0.